The fourth-order valence-corrected chi connectivity index (χ4v) is 15.6. The highest BCUT2D eigenvalue weighted by molar-refractivity contribution is 7.25. The van der Waals surface area contributed by atoms with Crippen LogP contribution in [-0.2, 0) is 32.5 Å². The van der Waals surface area contributed by atoms with E-state index in [2.05, 4.69) is 270 Å². The van der Waals surface area contributed by atoms with Crippen molar-refractivity contribution in [1.82, 2.24) is 0 Å². The van der Waals surface area contributed by atoms with Crippen molar-refractivity contribution in [2.24, 2.45) is 0 Å². The largest absolute Gasteiger partial charge is 0.311 e. The third-order valence-electron chi connectivity index (χ3n) is 18.7. The Balaban J connectivity index is 1.15. The number of thiophene rings is 1. The Morgan fingerprint density at radius 2 is 1.00 bits per heavy atom. The summed E-state index contributed by atoms with van der Waals surface area (Å²) in [4.78, 5) is 7.85. The molecule has 4 aliphatic rings. The lowest BCUT2D eigenvalue weighted by Crippen LogP contribution is -2.61. The minimum atomic E-state index is -0.155. The van der Waals surface area contributed by atoms with E-state index in [0.29, 0.717) is 0 Å². The molecule has 3 heterocycles. The Morgan fingerprint density at radius 1 is 0.442 bits per heavy atom. The van der Waals surface area contributed by atoms with Gasteiger partial charge in [0.05, 0.1) is 0 Å². The van der Waals surface area contributed by atoms with Gasteiger partial charge >= 0.3 is 0 Å². The first kappa shape index (κ1) is 50.0. The van der Waals surface area contributed by atoms with Crippen molar-refractivity contribution in [3.05, 3.63) is 191 Å². The average molecular weight is 1030 g/mol. The second-order valence-corrected chi connectivity index (χ2v) is 29.2. The summed E-state index contributed by atoms with van der Waals surface area (Å²) in [6.07, 6.45) is 3.46. The summed E-state index contributed by atoms with van der Waals surface area (Å²) in [7, 11) is 0. The Hall–Kier alpha value is -6.56. The van der Waals surface area contributed by atoms with Crippen LogP contribution in [0.2, 0.25) is 0 Å². The third kappa shape index (κ3) is 7.78. The van der Waals surface area contributed by atoms with E-state index in [9.17, 15) is 0 Å². The number of nitrogens with zero attached hydrogens (tertiary/aromatic N) is 3. The first-order valence-corrected chi connectivity index (χ1v) is 29.3. The topological polar surface area (TPSA) is 9.72 Å². The maximum Gasteiger partial charge on any atom is 0.252 e. The normalized spacial score (nSPS) is 17.5. The van der Waals surface area contributed by atoms with Crippen molar-refractivity contribution in [3.63, 3.8) is 0 Å². The third-order valence-corrected chi connectivity index (χ3v) is 19.8. The van der Waals surface area contributed by atoms with E-state index in [1.807, 2.05) is 11.3 Å². The molecule has 0 saturated carbocycles. The lowest BCUT2D eigenvalue weighted by molar-refractivity contribution is 0.332. The van der Waals surface area contributed by atoms with E-state index in [0.717, 1.165) is 23.5 Å². The Kier molecular flexibility index (Phi) is 10.9. The molecule has 8 aromatic carbocycles. The van der Waals surface area contributed by atoms with Gasteiger partial charge < -0.3 is 14.7 Å². The number of anilines is 9. The zero-order chi connectivity index (χ0) is 54.1. The van der Waals surface area contributed by atoms with E-state index in [-0.39, 0.29) is 39.2 Å². The van der Waals surface area contributed by atoms with Crippen molar-refractivity contribution in [3.8, 4) is 0 Å². The van der Waals surface area contributed by atoms with Crippen LogP contribution in [0.1, 0.15) is 155 Å². The summed E-state index contributed by atoms with van der Waals surface area (Å²) in [6, 6.07) is 59.5. The summed E-state index contributed by atoms with van der Waals surface area (Å²) < 4.78 is 2.66. The molecule has 0 atom stereocenters. The molecule has 1 aromatic heterocycles. The quantitative estimate of drug-likeness (QED) is 0.159. The van der Waals surface area contributed by atoms with Gasteiger partial charge in [0.1, 0.15) is 0 Å². The number of para-hydroxylation sites is 2. The van der Waals surface area contributed by atoms with Crippen LogP contribution in [0.15, 0.2) is 152 Å². The van der Waals surface area contributed by atoms with Crippen molar-refractivity contribution >= 4 is 106 Å². The number of hydrogen-bond acceptors (Lipinski definition) is 4. The molecule has 0 spiro atoms. The van der Waals surface area contributed by atoms with Gasteiger partial charge in [0, 0.05) is 71.4 Å². The number of benzene rings is 8. The van der Waals surface area contributed by atoms with E-state index in [1.54, 1.807) is 0 Å². The van der Waals surface area contributed by atoms with Gasteiger partial charge in [-0.05, 0) is 199 Å². The predicted molar refractivity (Wildman–Crippen MR) is 336 cm³/mol. The van der Waals surface area contributed by atoms with Crippen LogP contribution in [0, 0.1) is 6.92 Å². The number of rotatable bonds is 5. The molecule has 388 valence electrons. The second kappa shape index (κ2) is 16.7. The number of hydrogen-bond donors (Lipinski definition) is 0. The fraction of sp³-hybridized carbons (Fsp3) is 0.333. The molecular weight excluding hydrogens is 950 g/mol. The smallest absolute Gasteiger partial charge is 0.252 e. The van der Waals surface area contributed by atoms with Gasteiger partial charge in [-0.2, -0.15) is 0 Å². The average Bonchev–Trinajstić information content (AvgIpc) is 4.02. The fourth-order valence-electron chi connectivity index (χ4n) is 14.5. The summed E-state index contributed by atoms with van der Waals surface area (Å²) in [6.45, 7) is 36.4. The van der Waals surface area contributed by atoms with Gasteiger partial charge in [0.25, 0.3) is 6.71 Å². The minimum absolute atomic E-state index is 0.0147. The van der Waals surface area contributed by atoms with Crippen LogP contribution >= 0.6 is 11.3 Å². The maximum absolute atomic E-state index is 2.75. The Bertz CT molecular complexity index is 3860. The molecule has 0 N–H and O–H groups in total. The van der Waals surface area contributed by atoms with Crippen LogP contribution in [0.5, 0.6) is 0 Å². The predicted octanol–water partition coefficient (Wildman–Crippen LogP) is 18.8. The van der Waals surface area contributed by atoms with Crippen molar-refractivity contribution in [2.75, 3.05) is 14.7 Å². The Morgan fingerprint density at radius 3 is 1.62 bits per heavy atom. The highest BCUT2D eigenvalue weighted by atomic mass is 32.1. The standard InChI is InChI=1S/C72H76BN3S/c1-44-34-53-55(70(10,11)33-32-69(53,8)9)41-59(44)76-61-42-56-54(71(12,13)43-72(56,14)15)40-58(61)73-57-30-27-50(74(47-22-18-16-19-23-47)48-24-20-17-21-25-48)39-60(57)75(62-35-46(68(5,6)7)36-63(76)66(62)73)49-28-31-64-52(38-49)51-29-26-45(67(2,3)4)37-65(51)77-64/h16-31,34-42H,32-33,43H2,1-15H3. The van der Waals surface area contributed by atoms with Crippen LogP contribution in [-0.4, -0.2) is 6.71 Å². The van der Waals surface area contributed by atoms with Gasteiger partial charge in [-0.1, -0.05) is 164 Å². The van der Waals surface area contributed by atoms with E-state index in [4.69, 9.17) is 0 Å². The molecule has 13 rings (SSSR count). The molecule has 9 aromatic rings. The molecule has 3 nitrogen and oxygen atoms in total. The summed E-state index contributed by atoms with van der Waals surface area (Å²) in [5.41, 5.74) is 25.2. The van der Waals surface area contributed by atoms with E-state index >= 15 is 0 Å². The number of aryl methyl sites for hydroxylation is 1. The molecule has 2 aliphatic carbocycles. The lowest BCUT2D eigenvalue weighted by Gasteiger charge is -2.47. The summed E-state index contributed by atoms with van der Waals surface area (Å²) in [5.74, 6) is 0. The van der Waals surface area contributed by atoms with Gasteiger partial charge in [0.15, 0.2) is 0 Å². The van der Waals surface area contributed by atoms with Crippen molar-refractivity contribution < 1.29 is 0 Å². The molecule has 0 saturated heterocycles. The maximum atomic E-state index is 2.75. The highest BCUT2D eigenvalue weighted by Gasteiger charge is 2.49. The van der Waals surface area contributed by atoms with Crippen LogP contribution in [0.25, 0.3) is 20.2 Å². The van der Waals surface area contributed by atoms with E-state index in [1.165, 1.54) is 122 Å². The highest BCUT2D eigenvalue weighted by Crippen LogP contribution is 2.56. The molecule has 77 heavy (non-hydrogen) atoms. The summed E-state index contributed by atoms with van der Waals surface area (Å²) in [5, 5.41) is 2.63. The molecule has 0 fully saturated rings. The molecule has 2 aliphatic heterocycles. The zero-order valence-corrected chi connectivity index (χ0v) is 49.2. The first-order chi connectivity index (χ1) is 36.3. The SMILES string of the molecule is Cc1cc2c(cc1N1c3cc4c(cc3B3c5ccc(N(c6ccccc6)c6ccccc6)cc5N(c5ccc6sc7cc(C(C)(C)C)ccc7c6c5)c5cc(C(C)(C)C)cc1c53)C(C)(C)CC4(C)C)C(C)(C)CCC2(C)C. The van der Waals surface area contributed by atoms with Crippen LogP contribution < -0.4 is 31.1 Å². The molecule has 0 amide bonds. The lowest BCUT2D eigenvalue weighted by atomic mass is 9.33. The minimum Gasteiger partial charge on any atom is -0.311 e. The molecule has 0 unspecified atom stereocenters. The van der Waals surface area contributed by atoms with Gasteiger partial charge in [-0.3, -0.25) is 0 Å². The zero-order valence-electron chi connectivity index (χ0n) is 48.4. The first-order valence-electron chi connectivity index (χ1n) is 28.5. The van der Waals surface area contributed by atoms with Crippen LogP contribution in [0.3, 0.4) is 0 Å². The van der Waals surface area contributed by atoms with Crippen molar-refractivity contribution in [2.45, 2.75) is 156 Å². The van der Waals surface area contributed by atoms with Gasteiger partial charge in [0.2, 0.25) is 0 Å². The van der Waals surface area contributed by atoms with E-state index < -0.39 is 0 Å². The van der Waals surface area contributed by atoms with Gasteiger partial charge in [-0.15, -0.1) is 11.3 Å². The summed E-state index contributed by atoms with van der Waals surface area (Å²) >= 11 is 1.92. The molecular formula is C72H76BN3S. The van der Waals surface area contributed by atoms with Gasteiger partial charge in [-0.25, -0.2) is 0 Å². The van der Waals surface area contributed by atoms with Crippen molar-refractivity contribution in [1.29, 1.82) is 0 Å². The Labute approximate surface area is 464 Å². The molecule has 0 radical (unpaired) electrons. The van der Waals surface area contributed by atoms with Crippen LogP contribution in [0.4, 0.5) is 51.2 Å². The second-order valence-electron chi connectivity index (χ2n) is 28.1. The molecule has 0 bridgehead atoms. The monoisotopic (exact) mass is 1030 g/mol. The number of fused-ring (bicyclic) bond motifs is 9. The molecule has 5 heteroatoms.